The fourth-order valence-corrected chi connectivity index (χ4v) is 3.96. The number of nitrogens with one attached hydrogen (secondary N) is 1. The summed E-state index contributed by atoms with van der Waals surface area (Å²) in [7, 11) is 0. The first-order valence-corrected chi connectivity index (χ1v) is 10.1. The maximum absolute atomic E-state index is 12.3. The fourth-order valence-electron chi connectivity index (χ4n) is 2.83. The van der Waals surface area contributed by atoms with Crippen LogP contribution in [0, 0.1) is 0 Å². The number of carbonyl (C=O) groups is 2. The van der Waals surface area contributed by atoms with Crippen molar-refractivity contribution in [2.45, 2.75) is 32.1 Å². The predicted octanol–water partition coefficient (Wildman–Crippen LogP) is 4.30. The first-order valence-electron chi connectivity index (χ1n) is 8.41. The molecule has 0 bridgehead atoms. The van der Waals surface area contributed by atoms with Gasteiger partial charge in [0, 0.05) is 28.4 Å². The Hall–Kier alpha value is -1.73. The highest BCUT2D eigenvalue weighted by Gasteiger charge is 2.19. The van der Waals surface area contributed by atoms with Crippen molar-refractivity contribution >= 4 is 44.2 Å². The molecular formula is C18H20BrN3O2S. The summed E-state index contributed by atoms with van der Waals surface area (Å²) in [5.74, 6) is -0.118. The van der Waals surface area contributed by atoms with Crippen LogP contribution >= 0.6 is 27.3 Å². The lowest BCUT2D eigenvalue weighted by atomic mass is 10.1. The standard InChI is InChI=1S/C18H20BrN3O2S/c19-14-7-5-6-13(10-14)15-12-25-18(20-15)21-16(23)11-22-9-4-2-1-3-8-17(22)24/h5-7,10,12H,1-4,8-9,11H2,(H,20,21,23). The Kier molecular flexibility index (Phi) is 6.20. The SMILES string of the molecule is O=C(CN1CCCCCCC1=O)Nc1nc(-c2cccc(Br)c2)cs1. The van der Waals surface area contributed by atoms with Gasteiger partial charge in [-0.1, -0.05) is 40.9 Å². The van der Waals surface area contributed by atoms with Gasteiger partial charge in [0.2, 0.25) is 11.8 Å². The third-order valence-electron chi connectivity index (χ3n) is 4.13. The van der Waals surface area contributed by atoms with E-state index in [2.05, 4.69) is 26.2 Å². The van der Waals surface area contributed by atoms with Gasteiger partial charge in [-0.25, -0.2) is 4.98 Å². The summed E-state index contributed by atoms with van der Waals surface area (Å²) in [6, 6.07) is 7.87. The molecule has 1 aromatic carbocycles. The van der Waals surface area contributed by atoms with E-state index in [-0.39, 0.29) is 18.4 Å². The molecule has 1 fully saturated rings. The van der Waals surface area contributed by atoms with Crippen LogP contribution in [0.5, 0.6) is 0 Å². The van der Waals surface area contributed by atoms with Gasteiger partial charge in [0.05, 0.1) is 12.2 Å². The van der Waals surface area contributed by atoms with Crippen LogP contribution in [-0.4, -0.2) is 34.8 Å². The second-order valence-corrected chi connectivity index (χ2v) is 7.85. The van der Waals surface area contributed by atoms with Crippen molar-refractivity contribution in [3.63, 3.8) is 0 Å². The zero-order chi connectivity index (χ0) is 17.6. The molecule has 1 N–H and O–H groups in total. The predicted molar refractivity (Wildman–Crippen MR) is 104 cm³/mol. The molecule has 3 rings (SSSR count). The van der Waals surface area contributed by atoms with E-state index in [0.29, 0.717) is 18.1 Å². The van der Waals surface area contributed by atoms with Gasteiger partial charge in [0.15, 0.2) is 5.13 Å². The van der Waals surface area contributed by atoms with Crippen molar-refractivity contribution in [3.05, 3.63) is 34.1 Å². The summed E-state index contributed by atoms with van der Waals surface area (Å²) in [4.78, 5) is 30.5. The molecule has 132 valence electrons. The van der Waals surface area contributed by atoms with Crippen molar-refractivity contribution in [2.75, 3.05) is 18.4 Å². The molecule has 5 nitrogen and oxygen atoms in total. The average Bonchev–Trinajstić information content (AvgIpc) is 3.03. The first kappa shape index (κ1) is 18.1. The quantitative estimate of drug-likeness (QED) is 0.799. The molecule has 25 heavy (non-hydrogen) atoms. The topological polar surface area (TPSA) is 62.3 Å². The van der Waals surface area contributed by atoms with Crippen LogP contribution in [0.2, 0.25) is 0 Å². The Labute approximate surface area is 159 Å². The summed E-state index contributed by atoms with van der Waals surface area (Å²) in [6.45, 7) is 0.762. The number of hydrogen-bond acceptors (Lipinski definition) is 4. The Balaban J connectivity index is 1.60. The molecule has 2 heterocycles. The van der Waals surface area contributed by atoms with E-state index in [1.54, 1.807) is 4.90 Å². The average molecular weight is 422 g/mol. The second-order valence-electron chi connectivity index (χ2n) is 6.08. The number of halogens is 1. The number of likely N-dealkylation sites (tertiary alicyclic amines) is 1. The van der Waals surface area contributed by atoms with Crippen molar-refractivity contribution in [1.82, 2.24) is 9.88 Å². The van der Waals surface area contributed by atoms with E-state index in [1.807, 2.05) is 29.6 Å². The highest BCUT2D eigenvalue weighted by atomic mass is 79.9. The zero-order valence-electron chi connectivity index (χ0n) is 13.8. The molecule has 1 aliphatic heterocycles. The molecule has 2 amide bonds. The molecule has 1 aromatic heterocycles. The second kappa shape index (κ2) is 8.58. The minimum absolute atomic E-state index is 0.0730. The molecule has 7 heteroatoms. The molecule has 2 aromatic rings. The van der Waals surface area contributed by atoms with Crippen LogP contribution < -0.4 is 5.32 Å². The number of carbonyl (C=O) groups excluding carboxylic acids is 2. The van der Waals surface area contributed by atoms with Gasteiger partial charge in [-0.3, -0.25) is 9.59 Å². The number of amides is 2. The summed E-state index contributed by atoms with van der Waals surface area (Å²) in [6.07, 6.45) is 4.64. The van der Waals surface area contributed by atoms with Crippen LogP contribution in [-0.2, 0) is 9.59 Å². The van der Waals surface area contributed by atoms with Gasteiger partial charge < -0.3 is 10.2 Å². The van der Waals surface area contributed by atoms with Crippen molar-refractivity contribution in [3.8, 4) is 11.3 Å². The molecule has 0 spiro atoms. The highest BCUT2D eigenvalue weighted by Crippen LogP contribution is 2.26. The van der Waals surface area contributed by atoms with E-state index >= 15 is 0 Å². The van der Waals surface area contributed by atoms with Gasteiger partial charge in [-0.15, -0.1) is 11.3 Å². The zero-order valence-corrected chi connectivity index (χ0v) is 16.2. The van der Waals surface area contributed by atoms with Crippen LogP contribution in [0.25, 0.3) is 11.3 Å². The lowest BCUT2D eigenvalue weighted by Crippen LogP contribution is -2.39. The molecule has 0 radical (unpaired) electrons. The molecular weight excluding hydrogens is 402 g/mol. The Morgan fingerprint density at radius 3 is 2.96 bits per heavy atom. The van der Waals surface area contributed by atoms with Crippen LogP contribution in [0.4, 0.5) is 5.13 Å². The normalized spacial score (nSPS) is 15.6. The van der Waals surface area contributed by atoms with Crippen molar-refractivity contribution in [1.29, 1.82) is 0 Å². The fraction of sp³-hybridized carbons (Fsp3) is 0.389. The lowest BCUT2D eigenvalue weighted by Gasteiger charge is -2.23. The Morgan fingerprint density at radius 2 is 2.12 bits per heavy atom. The minimum atomic E-state index is -0.191. The molecule has 1 aliphatic rings. The molecule has 1 saturated heterocycles. The number of thiazole rings is 1. The van der Waals surface area contributed by atoms with Gasteiger partial charge in [-0.05, 0) is 25.0 Å². The Morgan fingerprint density at radius 1 is 1.28 bits per heavy atom. The third-order valence-corrected chi connectivity index (χ3v) is 5.38. The lowest BCUT2D eigenvalue weighted by molar-refractivity contribution is -0.135. The van der Waals surface area contributed by atoms with E-state index < -0.39 is 0 Å². The number of rotatable bonds is 4. The maximum atomic E-state index is 12.3. The monoisotopic (exact) mass is 421 g/mol. The highest BCUT2D eigenvalue weighted by molar-refractivity contribution is 9.10. The number of aromatic nitrogens is 1. The number of benzene rings is 1. The van der Waals surface area contributed by atoms with E-state index in [4.69, 9.17) is 0 Å². The van der Waals surface area contributed by atoms with Crippen molar-refractivity contribution in [2.24, 2.45) is 0 Å². The van der Waals surface area contributed by atoms with Crippen LogP contribution in [0.15, 0.2) is 34.1 Å². The van der Waals surface area contributed by atoms with Gasteiger partial charge in [-0.2, -0.15) is 0 Å². The number of hydrogen-bond donors (Lipinski definition) is 1. The third kappa shape index (κ3) is 5.12. The first-order chi connectivity index (χ1) is 12.1. The van der Waals surface area contributed by atoms with E-state index in [9.17, 15) is 9.59 Å². The summed E-state index contributed by atoms with van der Waals surface area (Å²) in [5, 5.41) is 5.28. The minimum Gasteiger partial charge on any atom is -0.333 e. The molecule has 0 atom stereocenters. The van der Waals surface area contributed by atoms with Crippen LogP contribution in [0.3, 0.4) is 0 Å². The number of anilines is 1. The van der Waals surface area contributed by atoms with Crippen molar-refractivity contribution < 1.29 is 9.59 Å². The van der Waals surface area contributed by atoms with Gasteiger partial charge >= 0.3 is 0 Å². The molecule has 0 aliphatic carbocycles. The smallest absolute Gasteiger partial charge is 0.245 e. The largest absolute Gasteiger partial charge is 0.333 e. The van der Waals surface area contributed by atoms with Gasteiger partial charge in [0.1, 0.15) is 0 Å². The summed E-state index contributed by atoms with van der Waals surface area (Å²) >= 11 is 4.83. The number of nitrogens with zero attached hydrogens (tertiary/aromatic N) is 2. The van der Waals surface area contributed by atoms with Gasteiger partial charge in [0.25, 0.3) is 0 Å². The summed E-state index contributed by atoms with van der Waals surface area (Å²) in [5.41, 5.74) is 1.81. The van der Waals surface area contributed by atoms with Crippen LogP contribution in [0.1, 0.15) is 32.1 Å². The maximum Gasteiger partial charge on any atom is 0.245 e. The van der Waals surface area contributed by atoms with E-state index in [1.165, 1.54) is 11.3 Å². The molecule has 0 saturated carbocycles. The Bertz CT molecular complexity index is 762. The molecule has 0 unspecified atom stereocenters. The summed E-state index contributed by atoms with van der Waals surface area (Å²) < 4.78 is 0.985. The van der Waals surface area contributed by atoms with E-state index in [0.717, 1.165) is 41.4 Å².